The van der Waals surface area contributed by atoms with E-state index >= 15 is 0 Å². The zero-order valence-corrected chi connectivity index (χ0v) is 13.7. The number of halogens is 1. The molecule has 1 fully saturated rings. The van der Waals surface area contributed by atoms with E-state index in [4.69, 9.17) is 9.47 Å². The van der Waals surface area contributed by atoms with Gasteiger partial charge in [0.05, 0.1) is 12.7 Å². The lowest BCUT2D eigenvalue weighted by Gasteiger charge is -2.34. The molecule has 3 rings (SSSR count). The molecular weight excluding hydrogens is 319 g/mol. The molecule has 1 aliphatic heterocycles. The lowest BCUT2D eigenvalue weighted by atomic mass is 10.0. The van der Waals surface area contributed by atoms with Gasteiger partial charge in [-0.2, -0.15) is 0 Å². The topological polar surface area (TPSA) is 60.5 Å². The molecule has 1 saturated heterocycles. The van der Waals surface area contributed by atoms with E-state index in [1.54, 1.807) is 24.4 Å². The van der Waals surface area contributed by atoms with Crippen molar-refractivity contribution in [2.24, 2.45) is 0 Å². The zero-order chi connectivity index (χ0) is 16.4. The van der Waals surface area contributed by atoms with Crippen LogP contribution in [0, 0.1) is 6.92 Å². The predicted molar refractivity (Wildman–Crippen MR) is 85.8 cm³/mol. The van der Waals surface area contributed by atoms with Crippen LogP contribution in [0.4, 0.5) is 4.39 Å². The molecule has 0 bridgehead atoms. The molecule has 122 valence electrons. The fourth-order valence-corrected chi connectivity index (χ4v) is 2.99. The van der Waals surface area contributed by atoms with Crippen molar-refractivity contribution in [3.05, 3.63) is 34.8 Å². The van der Waals surface area contributed by atoms with Gasteiger partial charge in [0.2, 0.25) is 0 Å². The van der Waals surface area contributed by atoms with Gasteiger partial charge in [-0.15, -0.1) is 11.3 Å². The monoisotopic (exact) mass is 336 g/mol. The molecule has 2 aromatic rings. The summed E-state index contributed by atoms with van der Waals surface area (Å²) in [5.41, 5.74) is -0.243. The molecule has 1 aliphatic rings. The third-order valence-electron chi connectivity index (χ3n) is 3.58. The first kappa shape index (κ1) is 15.9. The second-order valence-electron chi connectivity index (χ2n) is 5.56. The fourth-order valence-electron chi connectivity index (χ4n) is 2.24. The van der Waals surface area contributed by atoms with Crippen LogP contribution in [0.15, 0.2) is 24.4 Å². The SMILES string of the molecule is COC(=O)c1cc(OCC2(F)CNC2)cc(-c2ncc(C)s2)c1. The van der Waals surface area contributed by atoms with Gasteiger partial charge in [0.25, 0.3) is 0 Å². The minimum absolute atomic E-state index is 0.0546. The molecule has 1 aromatic carbocycles. The fraction of sp³-hybridized carbons (Fsp3) is 0.375. The van der Waals surface area contributed by atoms with Crippen molar-refractivity contribution in [2.75, 3.05) is 26.8 Å². The highest BCUT2D eigenvalue weighted by Crippen LogP contribution is 2.30. The van der Waals surface area contributed by atoms with Crippen molar-refractivity contribution in [3.8, 4) is 16.3 Å². The maximum absolute atomic E-state index is 14.1. The Balaban J connectivity index is 1.89. The standard InChI is InChI=1S/C16H17FN2O3S/c1-10-6-19-14(23-10)11-3-12(15(20)21-2)5-13(4-11)22-9-16(17)7-18-8-16/h3-6,18H,7-9H2,1-2H3. The lowest BCUT2D eigenvalue weighted by molar-refractivity contribution is 0.0346. The Hall–Kier alpha value is -1.99. The molecule has 0 saturated carbocycles. The maximum atomic E-state index is 14.1. The van der Waals surface area contributed by atoms with Gasteiger partial charge in [-0.3, -0.25) is 0 Å². The van der Waals surface area contributed by atoms with E-state index in [-0.39, 0.29) is 19.7 Å². The summed E-state index contributed by atoms with van der Waals surface area (Å²) in [5.74, 6) is -0.0371. The summed E-state index contributed by atoms with van der Waals surface area (Å²) in [7, 11) is 1.32. The Morgan fingerprint density at radius 1 is 1.43 bits per heavy atom. The van der Waals surface area contributed by atoms with Gasteiger partial charge in [-0.05, 0) is 25.1 Å². The summed E-state index contributed by atoms with van der Waals surface area (Å²) < 4.78 is 24.4. The number of rotatable bonds is 5. The summed E-state index contributed by atoms with van der Waals surface area (Å²) in [5, 5.41) is 3.66. The first-order valence-corrected chi connectivity index (χ1v) is 7.99. The Morgan fingerprint density at radius 3 is 2.78 bits per heavy atom. The van der Waals surface area contributed by atoms with Crippen molar-refractivity contribution in [1.82, 2.24) is 10.3 Å². The van der Waals surface area contributed by atoms with Crippen LogP contribution in [0.25, 0.3) is 10.6 Å². The van der Waals surface area contributed by atoms with Crippen LogP contribution in [0.1, 0.15) is 15.2 Å². The Bertz CT molecular complexity index is 728. The third kappa shape index (κ3) is 3.51. The van der Waals surface area contributed by atoms with E-state index in [0.29, 0.717) is 11.3 Å². The number of hydrogen-bond donors (Lipinski definition) is 1. The molecule has 7 heteroatoms. The summed E-state index contributed by atoms with van der Waals surface area (Å²) in [6.07, 6.45) is 1.77. The van der Waals surface area contributed by atoms with Gasteiger partial charge in [-0.25, -0.2) is 14.2 Å². The molecule has 2 heterocycles. The van der Waals surface area contributed by atoms with Crippen molar-refractivity contribution < 1.29 is 18.7 Å². The number of ether oxygens (including phenoxy) is 2. The van der Waals surface area contributed by atoms with Gasteiger partial charge in [-0.1, -0.05) is 0 Å². The highest BCUT2D eigenvalue weighted by Gasteiger charge is 2.37. The number of benzene rings is 1. The molecule has 0 spiro atoms. The molecule has 23 heavy (non-hydrogen) atoms. The van der Waals surface area contributed by atoms with Crippen LogP contribution < -0.4 is 10.1 Å². The van der Waals surface area contributed by atoms with E-state index < -0.39 is 11.6 Å². The van der Waals surface area contributed by atoms with Gasteiger partial charge < -0.3 is 14.8 Å². The van der Waals surface area contributed by atoms with Crippen LogP contribution >= 0.6 is 11.3 Å². The molecule has 1 N–H and O–H groups in total. The molecule has 1 aromatic heterocycles. The molecule has 0 amide bonds. The van der Waals surface area contributed by atoms with Crippen LogP contribution in [-0.2, 0) is 4.74 Å². The molecular formula is C16H17FN2O3S. The summed E-state index contributed by atoms with van der Waals surface area (Å²) >= 11 is 1.51. The number of carbonyl (C=O) groups excluding carboxylic acids is 1. The molecule has 0 aliphatic carbocycles. The van der Waals surface area contributed by atoms with Crippen molar-refractivity contribution in [3.63, 3.8) is 0 Å². The van der Waals surface area contributed by atoms with Crippen LogP contribution in [0.5, 0.6) is 5.75 Å². The number of thiazole rings is 1. The molecule has 0 unspecified atom stereocenters. The number of nitrogens with zero attached hydrogens (tertiary/aromatic N) is 1. The first-order chi connectivity index (χ1) is 11.0. The minimum Gasteiger partial charge on any atom is -0.490 e. The minimum atomic E-state index is -1.35. The zero-order valence-electron chi connectivity index (χ0n) is 12.9. The van der Waals surface area contributed by atoms with E-state index in [2.05, 4.69) is 10.3 Å². The highest BCUT2D eigenvalue weighted by atomic mass is 32.1. The Kier molecular flexibility index (Phi) is 4.32. The summed E-state index contributed by atoms with van der Waals surface area (Å²) in [4.78, 5) is 17.2. The van der Waals surface area contributed by atoms with Crippen molar-refractivity contribution in [1.29, 1.82) is 0 Å². The number of alkyl halides is 1. The van der Waals surface area contributed by atoms with Crippen LogP contribution in [0.2, 0.25) is 0 Å². The molecule has 0 atom stereocenters. The van der Waals surface area contributed by atoms with Crippen LogP contribution in [-0.4, -0.2) is 43.4 Å². The number of aryl methyl sites for hydroxylation is 1. The first-order valence-electron chi connectivity index (χ1n) is 7.18. The molecule has 5 nitrogen and oxygen atoms in total. The third-order valence-corrected chi connectivity index (χ3v) is 4.54. The van der Waals surface area contributed by atoms with E-state index in [9.17, 15) is 9.18 Å². The number of hydrogen-bond acceptors (Lipinski definition) is 6. The second-order valence-corrected chi connectivity index (χ2v) is 6.79. The van der Waals surface area contributed by atoms with Crippen molar-refractivity contribution >= 4 is 17.3 Å². The Morgan fingerprint density at radius 2 is 2.22 bits per heavy atom. The number of carbonyl (C=O) groups is 1. The van der Waals surface area contributed by atoms with Gasteiger partial charge >= 0.3 is 5.97 Å². The quantitative estimate of drug-likeness (QED) is 0.851. The highest BCUT2D eigenvalue weighted by molar-refractivity contribution is 7.14. The van der Waals surface area contributed by atoms with E-state index in [1.165, 1.54) is 18.4 Å². The number of methoxy groups -OCH3 is 1. The predicted octanol–water partition coefficient (Wildman–Crippen LogP) is 2.60. The van der Waals surface area contributed by atoms with Gasteiger partial charge in [0, 0.05) is 29.7 Å². The second kappa shape index (κ2) is 6.25. The maximum Gasteiger partial charge on any atom is 0.338 e. The van der Waals surface area contributed by atoms with Gasteiger partial charge in [0.15, 0.2) is 5.67 Å². The average Bonchev–Trinajstić information content (AvgIpc) is 2.96. The van der Waals surface area contributed by atoms with E-state index in [1.807, 2.05) is 6.92 Å². The number of nitrogens with one attached hydrogen (secondary N) is 1. The number of esters is 1. The smallest absolute Gasteiger partial charge is 0.338 e. The van der Waals surface area contributed by atoms with E-state index in [0.717, 1.165) is 15.4 Å². The molecule has 0 radical (unpaired) electrons. The normalized spacial score (nSPS) is 15.8. The average molecular weight is 336 g/mol. The largest absolute Gasteiger partial charge is 0.490 e. The van der Waals surface area contributed by atoms with Crippen LogP contribution in [0.3, 0.4) is 0 Å². The summed E-state index contributed by atoms with van der Waals surface area (Å²) in [6.45, 7) is 2.46. The number of aromatic nitrogens is 1. The summed E-state index contributed by atoms with van der Waals surface area (Å²) in [6, 6.07) is 5.03. The Labute approximate surface area is 137 Å². The van der Waals surface area contributed by atoms with Crippen molar-refractivity contribution in [2.45, 2.75) is 12.6 Å². The van der Waals surface area contributed by atoms with Gasteiger partial charge in [0.1, 0.15) is 17.4 Å². The lowest BCUT2D eigenvalue weighted by Crippen LogP contribution is -2.59.